The number of piperidine rings is 1. The predicted molar refractivity (Wildman–Crippen MR) is 91.2 cm³/mol. The van der Waals surface area contributed by atoms with Gasteiger partial charge in [-0.3, -0.25) is 0 Å². The molecular formula is C17H23N7O. The summed E-state index contributed by atoms with van der Waals surface area (Å²) in [7, 11) is 0. The molecule has 132 valence electrons. The second kappa shape index (κ2) is 7.18. The third-order valence-corrected chi connectivity index (χ3v) is 4.69. The van der Waals surface area contributed by atoms with Crippen LogP contribution in [0.25, 0.3) is 0 Å². The van der Waals surface area contributed by atoms with Crippen LogP contribution in [0.5, 0.6) is 0 Å². The Bertz CT molecular complexity index is 812. The molecule has 25 heavy (non-hydrogen) atoms. The Balaban J connectivity index is 1.40. The lowest BCUT2D eigenvalue weighted by Crippen LogP contribution is -2.26. The molecule has 0 atom stereocenters. The van der Waals surface area contributed by atoms with E-state index in [1.165, 1.54) is 0 Å². The number of aromatic nitrogens is 6. The highest BCUT2D eigenvalue weighted by atomic mass is 16.5. The molecule has 3 aromatic rings. The zero-order valence-electron chi connectivity index (χ0n) is 14.4. The van der Waals surface area contributed by atoms with Crippen molar-refractivity contribution in [2.45, 2.75) is 45.2 Å². The van der Waals surface area contributed by atoms with Gasteiger partial charge in [-0.25, -0.2) is 9.67 Å². The van der Waals surface area contributed by atoms with Crippen LogP contribution in [-0.2, 0) is 19.5 Å². The zero-order chi connectivity index (χ0) is 17.1. The Labute approximate surface area is 146 Å². The van der Waals surface area contributed by atoms with E-state index in [4.69, 9.17) is 4.52 Å². The highest BCUT2D eigenvalue weighted by molar-refractivity contribution is 5.12. The van der Waals surface area contributed by atoms with E-state index in [9.17, 15) is 0 Å². The van der Waals surface area contributed by atoms with Crippen molar-refractivity contribution in [3.8, 4) is 0 Å². The maximum Gasteiger partial charge on any atom is 0.158 e. The standard InChI is InChI=1S/C17H23N7O/c1-2-17-19-7-8-23(17)10-14-11-24(22-20-14)12-15-9-16(21-25-15)13-3-5-18-6-4-13/h7-9,11,13,18H,2-6,10,12H2,1H3. The predicted octanol–water partition coefficient (Wildman–Crippen LogP) is 1.59. The molecule has 0 unspecified atom stereocenters. The Hall–Kier alpha value is -2.48. The summed E-state index contributed by atoms with van der Waals surface area (Å²) in [6, 6.07) is 2.06. The van der Waals surface area contributed by atoms with Crippen LogP contribution in [0.4, 0.5) is 0 Å². The van der Waals surface area contributed by atoms with Gasteiger partial charge in [-0.2, -0.15) is 0 Å². The summed E-state index contributed by atoms with van der Waals surface area (Å²) in [5.41, 5.74) is 1.97. The highest BCUT2D eigenvalue weighted by Gasteiger charge is 2.19. The SMILES string of the molecule is CCc1nccn1Cc1cn(Cc2cc(C3CCNCC3)no2)nn1. The van der Waals surface area contributed by atoms with Gasteiger partial charge in [0, 0.05) is 30.8 Å². The molecule has 0 amide bonds. The first-order chi connectivity index (χ1) is 12.3. The normalized spacial score (nSPS) is 15.7. The molecule has 0 bridgehead atoms. The van der Waals surface area contributed by atoms with Crippen molar-refractivity contribution in [3.63, 3.8) is 0 Å². The van der Waals surface area contributed by atoms with Crippen LogP contribution in [0, 0.1) is 0 Å². The van der Waals surface area contributed by atoms with Gasteiger partial charge in [0.2, 0.25) is 0 Å². The van der Waals surface area contributed by atoms with Crippen LogP contribution < -0.4 is 5.32 Å². The summed E-state index contributed by atoms with van der Waals surface area (Å²) in [6.07, 6.45) is 8.87. The minimum atomic E-state index is 0.499. The third-order valence-electron chi connectivity index (χ3n) is 4.69. The fourth-order valence-electron chi connectivity index (χ4n) is 3.33. The minimum absolute atomic E-state index is 0.499. The molecule has 8 heteroatoms. The van der Waals surface area contributed by atoms with Crippen molar-refractivity contribution >= 4 is 0 Å². The van der Waals surface area contributed by atoms with Gasteiger partial charge in [-0.05, 0) is 25.9 Å². The molecule has 0 spiro atoms. The Morgan fingerprint density at radius 3 is 3.00 bits per heavy atom. The largest absolute Gasteiger partial charge is 0.359 e. The van der Waals surface area contributed by atoms with Crippen LogP contribution in [0.2, 0.25) is 0 Å². The minimum Gasteiger partial charge on any atom is -0.359 e. The summed E-state index contributed by atoms with van der Waals surface area (Å²) in [6.45, 7) is 5.43. The van der Waals surface area contributed by atoms with Crippen molar-refractivity contribution in [2.24, 2.45) is 0 Å². The van der Waals surface area contributed by atoms with Crippen molar-refractivity contribution in [1.29, 1.82) is 0 Å². The van der Waals surface area contributed by atoms with E-state index < -0.39 is 0 Å². The van der Waals surface area contributed by atoms with Gasteiger partial charge in [-0.15, -0.1) is 5.10 Å². The molecule has 8 nitrogen and oxygen atoms in total. The van der Waals surface area contributed by atoms with Gasteiger partial charge in [0.15, 0.2) is 5.76 Å². The number of nitrogens with one attached hydrogen (secondary N) is 1. The number of aryl methyl sites for hydroxylation is 1. The summed E-state index contributed by atoms with van der Waals surface area (Å²) in [5, 5.41) is 16.1. The molecule has 0 aromatic carbocycles. The van der Waals surface area contributed by atoms with Gasteiger partial charge < -0.3 is 14.4 Å². The number of hydrogen-bond donors (Lipinski definition) is 1. The molecule has 3 aromatic heterocycles. The summed E-state index contributed by atoms with van der Waals surface area (Å²) in [4.78, 5) is 4.33. The zero-order valence-corrected chi connectivity index (χ0v) is 14.4. The van der Waals surface area contributed by atoms with E-state index in [-0.39, 0.29) is 0 Å². The maximum absolute atomic E-state index is 5.50. The van der Waals surface area contributed by atoms with Gasteiger partial charge in [-0.1, -0.05) is 17.3 Å². The number of nitrogens with zero attached hydrogens (tertiary/aromatic N) is 6. The lowest BCUT2D eigenvalue weighted by molar-refractivity contribution is 0.352. The first kappa shape index (κ1) is 16.0. The van der Waals surface area contributed by atoms with Gasteiger partial charge in [0.25, 0.3) is 0 Å². The molecule has 4 heterocycles. The Kier molecular flexibility index (Phi) is 4.60. The van der Waals surface area contributed by atoms with Crippen LogP contribution in [0.1, 0.15) is 48.7 Å². The van der Waals surface area contributed by atoms with Crippen molar-refractivity contribution in [1.82, 2.24) is 35.0 Å². The second-order valence-corrected chi connectivity index (χ2v) is 6.47. The molecule has 4 rings (SSSR count). The smallest absolute Gasteiger partial charge is 0.158 e. The monoisotopic (exact) mass is 341 g/mol. The third kappa shape index (κ3) is 3.63. The lowest BCUT2D eigenvalue weighted by Gasteiger charge is -2.19. The molecule has 1 N–H and O–H groups in total. The van der Waals surface area contributed by atoms with Gasteiger partial charge in [0.05, 0.1) is 18.4 Å². The first-order valence-corrected chi connectivity index (χ1v) is 8.87. The maximum atomic E-state index is 5.50. The number of imidazole rings is 1. The van der Waals surface area contributed by atoms with E-state index in [2.05, 4.69) is 43.3 Å². The molecule has 1 aliphatic heterocycles. The first-order valence-electron chi connectivity index (χ1n) is 8.87. The fraction of sp³-hybridized carbons (Fsp3) is 0.529. The number of hydrogen-bond acceptors (Lipinski definition) is 6. The molecule has 1 fully saturated rings. The fourth-order valence-corrected chi connectivity index (χ4v) is 3.33. The molecule has 1 saturated heterocycles. The van der Waals surface area contributed by atoms with Gasteiger partial charge in [0.1, 0.15) is 18.1 Å². The van der Waals surface area contributed by atoms with Gasteiger partial charge >= 0.3 is 0 Å². The van der Waals surface area contributed by atoms with Crippen LogP contribution in [0.15, 0.2) is 29.2 Å². The quantitative estimate of drug-likeness (QED) is 0.733. The van der Waals surface area contributed by atoms with Crippen molar-refractivity contribution in [3.05, 3.63) is 47.6 Å². The summed E-state index contributed by atoms with van der Waals surface area (Å²) < 4.78 is 9.39. The van der Waals surface area contributed by atoms with E-state index in [0.717, 1.165) is 55.3 Å². The molecule has 1 aliphatic rings. The Morgan fingerprint density at radius 1 is 1.28 bits per heavy atom. The average Bonchev–Trinajstić information content (AvgIpc) is 3.38. The second-order valence-electron chi connectivity index (χ2n) is 6.47. The molecular weight excluding hydrogens is 318 g/mol. The summed E-state index contributed by atoms with van der Waals surface area (Å²) in [5.74, 6) is 2.37. The van der Waals surface area contributed by atoms with E-state index >= 15 is 0 Å². The van der Waals surface area contributed by atoms with Crippen molar-refractivity contribution in [2.75, 3.05) is 13.1 Å². The van der Waals surface area contributed by atoms with Crippen LogP contribution in [0.3, 0.4) is 0 Å². The lowest BCUT2D eigenvalue weighted by atomic mass is 9.95. The topological polar surface area (TPSA) is 86.6 Å². The molecule has 0 aliphatic carbocycles. The number of rotatable bonds is 6. The molecule has 0 radical (unpaired) electrons. The van der Waals surface area contributed by atoms with E-state index in [1.807, 2.05) is 18.6 Å². The highest BCUT2D eigenvalue weighted by Crippen LogP contribution is 2.24. The van der Waals surface area contributed by atoms with E-state index in [1.54, 1.807) is 4.68 Å². The Morgan fingerprint density at radius 2 is 2.16 bits per heavy atom. The van der Waals surface area contributed by atoms with Crippen LogP contribution in [-0.4, -0.2) is 42.8 Å². The molecule has 0 saturated carbocycles. The van der Waals surface area contributed by atoms with E-state index in [0.29, 0.717) is 19.0 Å². The summed E-state index contributed by atoms with van der Waals surface area (Å²) >= 11 is 0. The van der Waals surface area contributed by atoms with Crippen molar-refractivity contribution < 1.29 is 4.52 Å². The van der Waals surface area contributed by atoms with Crippen LogP contribution >= 0.6 is 0 Å². The average molecular weight is 341 g/mol.